The Balaban J connectivity index is 1.70. The highest BCUT2D eigenvalue weighted by molar-refractivity contribution is 5.77. The Morgan fingerprint density at radius 1 is 1.00 bits per heavy atom. The van der Waals surface area contributed by atoms with E-state index in [0.29, 0.717) is 24.2 Å². The minimum Gasteiger partial charge on any atom is -0.370 e. The number of primary amides is 1. The van der Waals surface area contributed by atoms with Crippen LogP contribution in [0.5, 0.6) is 0 Å². The molecule has 1 aliphatic carbocycles. The molecule has 0 atom stereocenters. The molecule has 1 saturated carbocycles. The molecule has 2 rings (SSSR count). The number of piperidine rings is 1. The molecule has 1 heterocycles. The lowest BCUT2D eigenvalue weighted by Crippen LogP contribution is -2.40. The van der Waals surface area contributed by atoms with Crippen LogP contribution in [0.1, 0.15) is 44.9 Å². The van der Waals surface area contributed by atoms with Gasteiger partial charge >= 0.3 is 0 Å². The third-order valence-electron chi connectivity index (χ3n) is 4.15. The van der Waals surface area contributed by atoms with Gasteiger partial charge < -0.3 is 10.6 Å². The number of rotatable bonds is 4. The van der Waals surface area contributed by atoms with Crippen molar-refractivity contribution in [1.29, 1.82) is 0 Å². The van der Waals surface area contributed by atoms with E-state index in [9.17, 15) is 9.59 Å². The normalized spacial score (nSPS) is 22.2. The molecule has 0 bridgehead atoms. The van der Waals surface area contributed by atoms with Crippen molar-refractivity contribution in [2.75, 3.05) is 13.1 Å². The summed E-state index contributed by atoms with van der Waals surface area (Å²) in [5.74, 6) is 1.13. The van der Waals surface area contributed by atoms with E-state index in [2.05, 4.69) is 0 Å². The Hall–Kier alpha value is -1.06. The molecule has 0 aromatic rings. The van der Waals surface area contributed by atoms with Crippen molar-refractivity contribution in [3.05, 3.63) is 0 Å². The van der Waals surface area contributed by atoms with Crippen LogP contribution in [-0.2, 0) is 9.59 Å². The lowest BCUT2D eigenvalue weighted by molar-refractivity contribution is -0.134. The minimum absolute atomic E-state index is 0.218. The topological polar surface area (TPSA) is 63.4 Å². The first-order valence-electron chi connectivity index (χ1n) is 6.71. The molecule has 2 aliphatic rings. The first-order valence-corrected chi connectivity index (χ1v) is 6.71. The number of amides is 2. The highest BCUT2D eigenvalue weighted by Gasteiger charge is 2.27. The molecule has 0 radical (unpaired) electrons. The molecule has 2 N–H and O–H groups in total. The second-order valence-corrected chi connectivity index (χ2v) is 5.50. The molecule has 0 aromatic heterocycles. The SMILES string of the molecule is NC(=O)CC1CCN(C(=O)CC2CCC2)CC1. The molecule has 0 unspecified atom stereocenters. The Kier molecular flexibility index (Phi) is 4.02. The van der Waals surface area contributed by atoms with Crippen LogP contribution in [0.3, 0.4) is 0 Å². The van der Waals surface area contributed by atoms with Crippen molar-refractivity contribution < 1.29 is 9.59 Å². The van der Waals surface area contributed by atoms with E-state index in [1.54, 1.807) is 0 Å². The number of carbonyl (C=O) groups is 2. The van der Waals surface area contributed by atoms with Crippen LogP contribution in [0.25, 0.3) is 0 Å². The van der Waals surface area contributed by atoms with E-state index >= 15 is 0 Å². The summed E-state index contributed by atoms with van der Waals surface area (Å²) in [5.41, 5.74) is 5.19. The third kappa shape index (κ3) is 3.45. The molecule has 96 valence electrons. The summed E-state index contributed by atoms with van der Waals surface area (Å²) in [7, 11) is 0. The Morgan fingerprint density at radius 2 is 1.59 bits per heavy atom. The fourth-order valence-corrected chi connectivity index (χ4v) is 2.74. The molecule has 1 saturated heterocycles. The van der Waals surface area contributed by atoms with Gasteiger partial charge in [-0.15, -0.1) is 0 Å². The molecule has 4 heteroatoms. The average Bonchev–Trinajstić information content (AvgIpc) is 2.23. The second-order valence-electron chi connectivity index (χ2n) is 5.50. The monoisotopic (exact) mass is 238 g/mol. The lowest BCUT2D eigenvalue weighted by atomic mass is 9.82. The molecular weight excluding hydrogens is 216 g/mol. The van der Waals surface area contributed by atoms with Crippen molar-refractivity contribution in [1.82, 2.24) is 4.90 Å². The van der Waals surface area contributed by atoms with E-state index in [0.717, 1.165) is 32.4 Å². The highest BCUT2D eigenvalue weighted by Crippen LogP contribution is 2.30. The number of nitrogens with zero attached hydrogens (tertiary/aromatic N) is 1. The molecule has 17 heavy (non-hydrogen) atoms. The van der Waals surface area contributed by atoms with Crippen molar-refractivity contribution in [2.24, 2.45) is 17.6 Å². The first-order chi connectivity index (χ1) is 8.15. The predicted molar refractivity (Wildman–Crippen MR) is 65.1 cm³/mol. The van der Waals surface area contributed by atoms with Crippen LogP contribution in [0, 0.1) is 11.8 Å². The van der Waals surface area contributed by atoms with Crippen LogP contribution in [0.15, 0.2) is 0 Å². The average molecular weight is 238 g/mol. The van der Waals surface area contributed by atoms with Gasteiger partial charge in [0.15, 0.2) is 0 Å². The Bertz CT molecular complexity index is 292. The maximum atomic E-state index is 12.0. The van der Waals surface area contributed by atoms with Crippen molar-refractivity contribution in [2.45, 2.75) is 44.9 Å². The Morgan fingerprint density at radius 3 is 2.06 bits per heavy atom. The van der Waals surface area contributed by atoms with Gasteiger partial charge in [-0.05, 0) is 37.5 Å². The fraction of sp³-hybridized carbons (Fsp3) is 0.846. The molecule has 0 spiro atoms. The lowest BCUT2D eigenvalue weighted by Gasteiger charge is -2.34. The van der Waals surface area contributed by atoms with Gasteiger partial charge in [0.2, 0.25) is 11.8 Å². The van der Waals surface area contributed by atoms with Gasteiger partial charge in [-0.2, -0.15) is 0 Å². The summed E-state index contributed by atoms with van der Waals surface area (Å²) < 4.78 is 0. The van der Waals surface area contributed by atoms with Crippen molar-refractivity contribution in [3.8, 4) is 0 Å². The maximum absolute atomic E-state index is 12.0. The van der Waals surface area contributed by atoms with Crippen molar-refractivity contribution >= 4 is 11.8 Å². The number of hydrogen-bond acceptors (Lipinski definition) is 2. The summed E-state index contributed by atoms with van der Waals surface area (Å²) >= 11 is 0. The summed E-state index contributed by atoms with van der Waals surface area (Å²) in [4.78, 5) is 24.7. The summed E-state index contributed by atoms with van der Waals surface area (Å²) in [6.07, 6.45) is 6.82. The van der Waals surface area contributed by atoms with Crippen LogP contribution < -0.4 is 5.73 Å². The largest absolute Gasteiger partial charge is 0.370 e. The fourth-order valence-electron chi connectivity index (χ4n) is 2.74. The van der Waals surface area contributed by atoms with E-state index in [-0.39, 0.29) is 5.91 Å². The summed E-state index contributed by atoms with van der Waals surface area (Å²) in [5, 5.41) is 0. The zero-order valence-corrected chi connectivity index (χ0v) is 10.4. The van der Waals surface area contributed by atoms with Gasteiger partial charge in [-0.3, -0.25) is 9.59 Å². The molecular formula is C13H22N2O2. The van der Waals surface area contributed by atoms with Crippen LogP contribution in [0.4, 0.5) is 0 Å². The maximum Gasteiger partial charge on any atom is 0.222 e. The Labute approximate surface area is 103 Å². The molecule has 2 fully saturated rings. The molecule has 0 aromatic carbocycles. The van der Waals surface area contributed by atoms with Gasteiger partial charge in [0.1, 0.15) is 0 Å². The van der Waals surface area contributed by atoms with Gasteiger partial charge in [-0.1, -0.05) is 6.42 Å². The summed E-state index contributed by atoms with van der Waals surface area (Å²) in [6.45, 7) is 1.62. The second kappa shape index (κ2) is 5.52. The first kappa shape index (κ1) is 12.4. The molecule has 1 aliphatic heterocycles. The smallest absolute Gasteiger partial charge is 0.222 e. The number of hydrogen-bond donors (Lipinski definition) is 1. The number of nitrogens with two attached hydrogens (primary N) is 1. The predicted octanol–water partition coefficient (Wildman–Crippen LogP) is 1.29. The quantitative estimate of drug-likeness (QED) is 0.802. The van der Waals surface area contributed by atoms with Gasteiger partial charge in [-0.25, -0.2) is 0 Å². The minimum atomic E-state index is -0.218. The van der Waals surface area contributed by atoms with E-state index < -0.39 is 0 Å². The number of likely N-dealkylation sites (tertiary alicyclic amines) is 1. The zero-order chi connectivity index (χ0) is 12.3. The third-order valence-corrected chi connectivity index (χ3v) is 4.15. The van der Waals surface area contributed by atoms with Gasteiger partial charge in [0.05, 0.1) is 0 Å². The summed E-state index contributed by atoms with van der Waals surface area (Å²) in [6, 6.07) is 0. The van der Waals surface area contributed by atoms with Crippen LogP contribution >= 0.6 is 0 Å². The molecule has 4 nitrogen and oxygen atoms in total. The van der Waals surface area contributed by atoms with E-state index in [1.807, 2.05) is 4.90 Å². The van der Waals surface area contributed by atoms with Crippen molar-refractivity contribution in [3.63, 3.8) is 0 Å². The standard InChI is InChI=1S/C13H22N2O2/c14-12(16)8-11-4-6-15(7-5-11)13(17)9-10-2-1-3-10/h10-11H,1-9H2,(H2,14,16). The zero-order valence-electron chi connectivity index (χ0n) is 10.4. The van der Waals surface area contributed by atoms with Crippen LogP contribution in [-0.4, -0.2) is 29.8 Å². The van der Waals surface area contributed by atoms with Gasteiger partial charge in [0.25, 0.3) is 0 Å². The van der Waals surface area contributed by atoms with E-state index in [1.165, 1.54) is 19.3 Å². The van der Waals surface area contributed by atoms with E-state index in [4.69, 9.17) is 5.73 Å². The van der Waals surface area contributed by atoms with Gasteiger partial charge in [0, 0.05) is 25.9 Å². The number of carbonyl (C=O) groups excluding carboxylic acids is 2. The van der Waals surface area contributed by atoms with Crippen LogP contribution in [0.2, 0.25) is 0 Å². The highest BCUT2D eigenvalue weighted by atomic mass is 16.2. The molecule has 2 amide bonds.